The zero-order chi connectivity index (χ0) is 65.2. The molecule has 7 aromatic heterocycles. The van der Waals surface area contributed by atoms with Crippen molar-refractivity contribution in [2.24, 2.45) is 5.73 Å². The fourth-order valence-electron chi connectivity index (χ4n) is 11.4. The lowest BCUT2D eigenvalue weighted by Crippen LogP contribution is -2.62. The molecule has 0 spiro atoms. The molecule has 10 atom stereocenters. The largest absolute Gasteiger partial charge is 0.506 e. The van der Waals surface area contributed by atoms with Crippen molar-refractivity contribution in [2.75, 3.05) is 27.0 Å². The molecular weight excluding hydrogens is 1310 g/mol. The van der Waals surface area contributed by atoms with Crippen LogP contribution >= 0.6 is 68.4 Å². The number of nitrogens with two attached hydrogens (primary N) is 1. The molecule has 34 heteroatoms. The molecule has 92 heavy (non-hydrogen) atoms. The Morgan fingerprint density at radius 1 is 0.837 bits per heavy atom. The normalized spacial score (nSPS) is 25.0. The summed E-state index contributed by atoms with van der Waals surface area (Å²) in [6.45, 7) is 5.43. The highest BCUT2D eigenvalue weighted by Gasteiger charge is 2.50. The van der Waals surface area contributed by atoms with Gasteiger partial charge in [-0.3, -0.25) is 28.8 Å². The number of pyridine rings is 1. The highest BCUT2D eigenvalue weighted by atomic mass is 32.2. The minimum Gasteiger partial charge on any atom is -0.506 e. The van der Waals surface area contributed by atoms with Crippen molar-refractivity contribution in [1.82, 2.24) is 61.1 Å². The first-order chi connectivity index (χ1) is 43.9. The van der Waals surface area contributed by atoms with E-state index >= 15 is 14.4 Å². The molecule has 480 valence electrons. The smallest absolute Gasteiger partial charge is 0.338 e. The van der Waals surface area contributed by atoms with Crippen molar-refractivity contribution >= 4 is 126 Å². The number of aromatic nitrogens is 7. The number of cyclic esters (lactones) is 1. The van der Waals surface area contributed by atoms with Gasteiger partial charge in [-0.15, -0.1) is 56.7 Å². The second kappa shape index (κ2) is 25.8. The van der Waals surface area contributed by atoms with Crippen LogP contribution < -0.4 is 27.0 Å². The van der Waals surface area contributed by atoms with Crippen molar-refractivity contribution in [3.8, 4) is 38.4 Å². The minimum absolute atomic E-state index is 0.0132. The minimum atomic E-state index is -1.81. The topological polar surface area (TPSA) is 397 Å². The summed E-state index contributed by atoms with van der Waals surface area (Å²) < 4.78 is 31.8. The number of H-pyrrole nitrogens is 1. The van der Waals surface area contributed by atoms with Gasteiger partial charge in [-0.2, -0.15) is 0 Å². The number of carbonyl (C=O) groups excluding carboxylic acids is 7. The second-order valence-corrected chi connectivity index (χ2v) is 27.6. The molecule has 12 rings (SSSR count). The Bertz CT molecular complexity index is 4300. The summed E-state index contributed by atoms with van der Waals surface area (Å²) in [5.74, 6) is -5.70. The van der Waals surface area contributed by atoms with Gasteiger partial charge < -0.3 is 75.9 Å². The maximum absolute atomic E-state index is 15.1. The number of likely N-dealkylation sites (N-methyl/N-ethyl adjacent to an activating group) is 1. The van der Waals surface area contributed by atoms with Gasteiger partial charge in [-0.1, -0.05) is 23.9 Å². The zero-order valence-corrected chi connectivity index (χ0v) is 54.5. The van der Waals surface area contributed by atoms with Crippen molar-refractivity contribution in [3.63, 3.8) is 0 Å². The molecule has 8 aromatic rings. The van der Waals surface area contributed by atoms with Gasteiger partial charge in [0.15, 0.2) is 12.4 Å². The Balaban J connectivity index is 1.04. The number of amides is 5. The Hall–Kier alpha value is -8.00. The second-order valence-electron chi connectivity index (χ2n) is 22.3. The standard InChI is InChI=1S/C58H57N13O15S6/c1-21(72)37-50(78)69-38(22(2)82-7)53-65-32(19-90-53)49(77)70-42-43-44(86-35-12-58(4,81)45(71(5)6)23(3)85-35)56(79)84-13-24-9-8-10-27-36(24)26(14-83-43)40(60-27)57(80)92-20-33(61-47(75)30-18-91-55(42)66-30)52-62-28(15-88-52)39-25(51-64-31(17-87-51)48(76)68-37)11-34(73)41(67-39)54-63-29(16-89-54)46(59)74/h8-11,15-19,21,23,33,35,37,42-45,60,72-73,81H,12-14,20H2,1-7H3,(H2,59,74)(H,61,75)(H,68,76)(H,69,78)(H,70,77)/b38-22+/t21-,23+,33+,35+,37+,42+,43+,44-,45-,58+/m1/s1. The highest BCUT2D eigenvalue weighted by molar-refractivity contribution is 8.14. The third-order valence-corrected chi connectivity index (χ3v) is 21.1. The number of hydrogen-bond acceptors (Lipinski definition) is 28. The van der Waals surface area contributed by atoms with E-state index in [0.29, 0.717) is 22.0 Å². The van der Waals surface area contributed by atoms with Crippen LogP contribution in [0.3, 0.4) is 0 Å². The summed E-state index contributed by atoms with van der Waals surface area (Å²) in [6, 6.07) is 1.78. The van der Waals surface area contributed by atoms with E-state index < -0.39 is 113 Å². The summed E-state index contributed by atoms with van der Waals surface area (Å²) in [4.78, 5) is 134. The van der Waals surface area contributed by atoms with Crippen LogP contribution in [0, 0.1) is 0 Å². The fourth-order valence-corrected chi connectivity index (χ4v) is 16.6. The number of nitrogens with one attached hydrogen (secondary N) is 5. The van der Waals surface area contributed by atoms with Crippen LogP contribution in [0.5, 0.6) is 5.75 Å². The summed E-state index contributed by atoms with van der Waals surface area (Å²) >= 11 is 5.73. The van der Waals surface area contributed by atoms with E-state index in [1.165, 1.54) is 48.5 Å². The third-order valence-electron chi connectivity index (χ3n) is 15.6. The number of nitrogens with zero attached hydrogens (tertiary/aromatic N) is 7. The molecule has 4 aliphatic rings. The van der Waals surface area contributed by atoms with Crippen LogP contribution in [-0.4, -0.2) is 171 Å². The van der Waals surface area contributed by atoms with E-state index in [9.17, 15) is 34.5 Å². The van der Waals surface area contributed by atoms with Crippen molar-refractivity contribution in [3.05, 3.63) is 112 Å². The molecule has 5 amide bonds. The molecule has 0 aliphatic carbocycles. The number of aliphatic hydroxyl groups excluding tert-OH is 1. The molecule has 1 saturated heterocycles. The third kappa shape index (κ3) is 12.6. The number of aliphatic hydroxyl groups is 2. The number of rotatable bonds is 7. The molecule has 10 N–H and O–H groups in total. The number of aromatic amines is 1. The fraction of sp³-hybridized carbons (Fsp3) is 0.362. The first-order valence-electron chi connectivity index (χ1n) is 28.2. The lowest BCUT2D eigenvalue weighted by atomic mass is 9.85. The Morgan fingerprint density at radius 3 is 2.23 bits per heavy atom. The number of carbonyl (C=O) groups is 7. The lowest BCUT2D eigenvalue weighted by Gasteiger charge is -2.48. The summed E-state index contributed by atoms with van der Waals surface area (Å²) in [6.07, 6.45) is -7.09. The van der Waals surface area contributed by atoms with Gasteiger partial charge in [-0.25, -0.2) is 34.7 Å². The number of fused-ring (bicyclic) bond motifs is 15. The molecular formula is C58H57N13O15S6. The number of thiazole rings is 5. The van der Waals surface area contributed by atoms with Crippen molar-refractivity contribution < 1.29 is 72.6 Å². The van der Waals surface area contributed by atoms with Crippen LogP contribution in [-0.2, 0) is 46.5 Å². The Labute approximate surface area is 546 Å². The number of hydrogen-bond donors (Lipinski definition) is 9. The zero-order valence-electron chi connectivity index (χ0n) is 49.6. The molecule has 0 radical (unpaired) electrons. The van der Waals surface area contributed by atoms with E-state index in [2.05, 4.69) is 41.2 Å². The molecule has 0 unspecified atom stereocenters. The highest BCUT2D eigenvalue weighted by Crippen LogP contribution is 2.43. The predicted molar refractivity (Wildman–Crippen MR) is 338 cm³/mol. The van der Waals surface area contributed by atoms with Gasteiger partial charge in [0.05, 0.1) is 49.3 Å². The molecule has 28 nitrogen and oxygen atoms in total. The number of thioether (sulfide) groups is 1. The number of ether oxygens (including phenoxy) is 5. The first-order valence-corrected chi connectivity index (χ1v) is 33.6. The van der Waals surface area contributed by atoms with Crippen molar-refractivity contribution in [2.45, 2.75) is 108 Å². The van der Waals surface area contributed by atoms with Crippen LogP contribution in [0.1, 0.15) is 125 Å². The predicted octanol–water partition coefficient (Wildman–Crippen LogP) is 5.27. The van der Waals surface area contributed by atoms with E-state index in [1.54, 1.807) is 51.5 Å². The maximum atomic E-state index is 15.1. The molecule has 4 aliphatic heterocycles. The molecule has 1 fully saturated rings. The van der Waals surface area contributed by atoms with E-state index in [0.717, 1.165) is 68.4 Å². The monoisotopic (exact) mass is 1370 g/mol. The molecule has 11 heterocycles. The van der Waals surface area contributed by atoms with Gasteiger partial charge in [0, 0.05) is 61.1 Å². The average molecular weight is 1370 g/mol. The van der Waals surface area contributed by atoms with Gasteiger partial charge in [0.2, 0.25) is 11.0 Å². The quantitative estimate of drug-likeness (QED) is 0.0725. The number of esters is 1. The van der Waals surface area contributed by atoms with E-state index in [4.69, 9.17) is 44.4 Å². The van der Waals surface area contributed by atoms with Crippen molar-refractivity contribution in [1.29, 1.82) is 0 Å². The molecule has 0 saturated carbocycles. The summed E-state index contributed by atoms with van der Waals surface area (Å²) in [7, 11) is 4.92. The number of benzene rings is 1. The Kier molecular flexibility index (Phi) is 18.0. The first kappa shape index (κ1) is 64.1. The number of primary amides is 1. The van der Waals surface area contributed by atoms with Crippen LogP contribution in [0.2, 0.25) is 0 Å². The SMILES string of the molecule is CO/C(C)=C1/NC(=O)[C@H]([C@@H](C)O)NC(=O)c2csc(n2)-c2cc(O)c(-c3nc(C(N)=O)cs3)nc2-c2csc(n2)[C@@H]2CSC(=O)c3[nH]c4cccc5c4c3CO[C@@H]([C@H](NC(=O)c3csc1n3)c1nc(cs1)C(=O)N2)[C@@H](O[C@H]1C[C@](C)(O)[C@H](N(C)C)[C@H](C)O1)C(=O)OC5. The van der Waals surface area contributed by atoms with Crippen LogP contribution in [0.25, 0.3) is 49.3 Å². The maximum Gasteiger partial charge on any atom is 0.338 e. The molecule has 1 aromatic carbocycles. The van der Waals surface area contributed by atoms with Crippen LogP contribution in [0.4, 0.5) is 0 Å². The van der Waals surface area contributed by atoms with E-state index in [1.807, 2.05) is 4.90 Å². The summed E-state index contributed by atoms with van der Waals surface area (Å²) in [5, 5.41) is 53.7. The van der Waals surface area contributed by atoms with Crippen LogP contribution in [0.15, 0.2) is 56.9 Å². The molecule has 12 bridgehead atoms. The average Bonchev–Trinajstić information content (AvgIpc) is 1.43. The summed E-state index contributed by atoms with van der Waals surface area (Å²) in [5.41, 5.74) is 5.13. The van der Waals surface area contributed by atoms with Gasteiger partial charge in [0.1, 0.15) is 107 Å². The van der Waals surface area contributed by atoms with Gasteiger partial charge in [-0.05, 0) is 59.5 Å². The number of aromatic hydroxyl groups is 1. The Morgan fingerprint density at radius 2 is 1.51 bits per heavy atom. The van der Waals surface area contributed by atoms with E-state index in [-0.39, 0.29) is 106 Å². The number of allylic oxidation sites excluding steroid dienone is 1. The van der Waals surface area contributed by atoms with Gasteiger partial charge >= 0.3 is 5.97 Å². The number of methoxy groups -OCH3 is 1. The lowest BCUT2D eigenvalue weighted by molar-refractivity contribution is -0.280. The van der Waals surface area contributed by atoms with Gasteiger partial charge in [0.25, 0.3) is 23.6 Å².